The molecule has 1 aromatic heterocycles. The van der Waals surface area contributed by atoms with Crippen molar-refractivity contribution >= 4 is 45.9 Å². The van der Waals surface area contributed by atoms with E-state index in [9.17, 15) is 4.79 Å². The highest BCUT2D eigenvalue weighted by molar-refractivity contribution is 6.32. The number of nitriles is 1. The molecule has 0 unspecified atom stereocenters. The van der Waals surface area contributed by atoms with Crippen molar-refractivity contribution in [2.75, 3.05) is 25.0 Å². The van der Waals surface area contributed by atoms with Crippen LogP contribution in [0.5, 0.6) is 0 Å². The quantitative estimate of drug-likeness (QED) is 0.585. The number of nitrogens with one attached hydrogen (secondary N) is 1. The zero-order chi connectivity index (χ0) is 21.1. The van der Waals surface area contributed by atoms with E-state index in [-0.39, 0.29) is 11.8 Å². The van der Waals surface area contributed by atoms with Gasteiger partial charge in [0.1, 0.15) is 11.6 Å². The van der Waals surface area contributed by atoms with E-state index in [1.165, 1.54) is 0 Å². The van der Waals surface area contributed by atoms with E-state index in [4.69, 9.17) is 32.9 Å². The lowest BCUT2D eigenvalue weighted by molar-refractivity contribution is -0.116. The number of likely N-dealkylation sites (tertiary alicyclic amines) is 1. The molecule has 1 aliphatic rings. The predicted octanol–water partition coefficient (Wildman–Crippen LogP) is 5.21. The minimum atomic E-state index is -0.0753. The molecule has 0 spiro atoms. The molecule has 4 rings (SSSR count). The van der Waals surface area contributed by atoms with E-state index in [2.05, 4.69) is 15.2 Å². The highest BCUT2D eigenvalue weighted by atomic mass is 35.5. The second kappa shape index (κ2) is 9.05. The van der Waals surface area contributed by atoms with Gasteiger partial charge in [-0.3, -0.25) is 4.79 Å². The van der Waals surface area contributed by atoms with Gasteiger partial charge in [-0.25, -0.2) is 4.98 Å². The van der Waals surface area contributed by atoms with Gasteiger partial charge in [0.2, 0.25) is 5.91 Å². The number of piperidine rings is 1. The summed E-state index contributed by atoms with van der Waals surface area (Å²) in [6.45, 7) is 2.46. The van der Waals surface area contributed by atoms with Gasteiger partial charge < -0.3 is 14.6 Å². The summed E-state index contributed by atoms with van der Waals surface area (Å²) in [5.74, 6) is 0.970. The van der Waals surface area contributed by atoms with Gasteiger partial charge in [-0.2, -0.15) is 5.26 Å². The number of carbonyl (C=O) groups excluding carboxylic acids is 1. The number of rotatable bonds is 5. The van der Waals surface area contributed by atoms with Crippen LogP contribution in [0.15, 0.2) is 40.8 Å². The van der Waals surface area contributed by atoms with Crippen molar-refractivity contribution in [3.8, 4) is 6.07 Å². The highest BCUT2D eigenvalue weighted by Gasteiger charge is 2.25. The Hall–Kier alpha value is -2.59. The zero-order valence-electron chi connectivity index (χ0n) is 16.2. The Morgan fingerprint density at radius 1 is 1.23 bits per heavy atom. The molecule has 0 radical (unpaired) electrons. The van der Waals surface area contributed by atoms with Crippen molar-refractivity contribution in [1.82, 2.24) is 9.88 Å². The number of halogens is 2. The zero-order valence-corrected chi connectivity index (χ0v) is 17.7. The summed E-state index contributed by atoms with van der Waals surface area (Å²) in [6, 6.07) is 12.3. The molecule has 0 bridgehead atoms. The van der Waals surface area contributed by atoms with Gasteiger partial charge in [0, 0.05) is 29.6 Å². The Labute approximate surface area is 184 Å². The van der Waals surface area contributed by atoms with Crippen LogP contribution in [0.25, 0.3) is 11.1 Å². The average molecular weight is 443 g/mol. The minimum Gasteiger partial charge on any atom is -0.440 e. The van der Waals surface area contributed by atoms with Crippen LogP contribution in [-0.2, 0) is 4.79 Å². The van der Waals surface area contributed by atoms with Crippen LogP contribution in [0.4, 0.5) is 5.69 Å². The molecule has 1 saturated heterocycles. The van der Waals surface area contributed by atoms with Crippen molar-refractivity contribution in [2.45, 2.75) is 25.2 Å². The second-order valence-electron chi connectivity index (χ2n) is 7.38. The Bertz CT molecular complexity index is 1110. The van der Waals surface area contributed by atoms with Crippen LogP contribution in [0.3, 0.4) is 0 Å². The lowest BCUT2D eigenvalue weighted by atomic mass is 9.96. The maximum atomic E-state index is 12.3. The summed E-state index contributed by atoms with van der Waals surface area (Å²) in [4.78, 5) is 19.1. The summed E-state index contributed by atoms with van der Waals surface area (Å²) in [6.07, 6.45) is 2.27. The molecule has 30 heavy (non-hydrogen) atoms. The summed E-state index contributed by atoms with van der Waals surface area (Å²) < 4.78 is 5.91. The molecule has 1 amide bonds. The predicted molar refractivity (Wildman–Crippen MR) is 117 cm³/mol. The fraction of sp³-hybridized carbons (Fsp3) is 0.318. The maximum absolute atomic E-state index is 12.3. The van der Waals surface area contributed by atoms with Gasteiger partial charge in [0.15, 0.2) is 11.5 Å². The Kier molecular flexibility index (Phi) is 6.24. The van der Waals surface area contributed by atoms with Crippen molar-refractivity contribution < 1.29 is 9.21 Å². The molecule has 6 nitrogen and oxygen atoms in total. The molecular formula is C22H20Cl2N4O2. The number of hydrogen-bond donors (Lipinski definition) is 1. The number of benzene rings is 2. The molecule has 3 aromatic rings. The fourth-order valence-corrected chi connectivity index (χ4v) is 4.05. The summed E-state index contributed by atoms with van der Waals surface area (Å²) >= 11 is 12.0. The third-order valence-electron chi connectivity index (χ3n) is 5.33. The van der Waals surface area contributed by atoms with E-state index in [0.717, 1.165) is 42.9 Å². The van der Waals surface area contributed by atoms with Crippen molar-refractivity contribution in [3.63, 3.8) is 0 Å². The summed E-state index contributed by atoms with van der Waals surface area (Å²) in [5, 5.41) is 12.7. The van der Waals surface area contributed by atoms with Crippen molar-refractivity contribution in [1.29, 1.82) is 5.26 Å². The number of anilines is 1. The average Bonchev–Trinajstić information content (AvgIpc) is 3.16. The van der Waals surface area contributed by atoms with E-state index in [0.29, 0.717) is 34.3 Å². The number of hydrogen-bond acceptors (Lipinski definition) is 5. The Morgan fingerprint density at radius 3 is 2.77 bits per heavy atom. The summed E-state index contributed by atoms with van der Waals surface area (Å²) in [7, 11) is 0. The minimum absolute atomic E-state index is 0.0753. The first-order chi connectivity index (χ1) is 14.5. The molecule has 2 aromatic carbocycles. The van der Waals surface area contributed by atoms with Gasteiger partial charge in [0.25, 0.3) is 0 Å². The molecule has 0 atom stereocenters. The van der Waals surface area contributed by atoms with Gasteiger partial charge in [0.05, 0.1) is 10.6 Å². The van der Waals surface area contributed by atoms with Crippen LogP contribution < -0.4 is 5.32 Å². The van der Waals surface area contributed by atoms with E-state index in [1.807, 2.05) is 18.2 Å². The van der Waals surface area contributed by atoms with Crippen molar-refractivity contribution in [2.24, 2.45) is 0 Å². The number of aromatic nitrogens is 1. The molecule has 8 heteroatoms. The van der Waals surface area contributed by atoms with Crippen LogP contribution in [0, 0.1) is 11.3 Å². The number of fused-ring (bicyclic) bond motifs is 1. The first-order valence-corrected chi connectivity index (χ1v) is 10.6. The van der Waals surface area contributed by atoms with Crippen LogP contribution in [0.1, 0.15) is 36.6 Å². The third-order valence-corrected chi connectivity index (χ3v) is 5.88. The van der Waals surface area contributed by atoms with Crippen LogP contribution >= 0.6 is 23.2 Å². The smallest absolute Gasteiger partial charge is 0.225 e. The summed E-state index contributed by atoms with van der Waals surface area (Å²) in [5.41, 5.74) is 2.54. The third kappa shape index (κ3) is 4.76. The molecule has 2 heterocycles. The van der Waals surface area contributed by atoms with Crippen LogP contribution in [-0.4, -0.2) is 35.4 Å². The van der Waals surface area contributed by atoms with Gasteiger partial charge >= 0.3 is 0 Å². The maximum Gasteiger partial charge on any atom is 0.225 e. The largest absolute Gasteiger partial charge is 0.440 e. The molecule has 0 aliphatic carbocycles. The first kappa shape index (κ1) is 20.7. The number of nitrogens with zero attached hydrogens (tertiary/aromatic N) is 3. The van der Waals surface area contributed by atoms with Gasteiger partial charge in [-0.15, -0.1) is 0 Å². The molecule has 1 N–H and O–H groups in total. The Morgan fingerprint density at radius 2 is 2.03 bits per heavy atom. The molecule has 0 saturated carbocycles. The van der Waals surface area contributed by atoms with E-state index >= 15 is 0 Å². The van der Waals surface area contributed by atoms with Gasteiger partial charge in [-0.05, 0) is 62.3 Å². The topological polar surface area (TPSA) is 82.2 Å². The van der Waals surface area contributed by atoms with E-state index in [1.54, 1.807) is 24.3 Å². The first-order valence-electron chi connectivity index (χ1n) is 9.79. The number of amides is 1. The van der Waals surface area contributed by atoms with Gasteiger partial charge in [-0.1, -0.05) is 23.2 Å². The standard InChI is InChI=1S/C22H20Cl2N4O2/c23-16-2-4-20-19(11-16)27-22(30-20)14-5-8-28(9-6-14)10-7-21(29)26-17-3-1-15(13-25)18(24)12-17/h1-4,11-12,14H,5-10H2,(H,26,29). The number of carbonyl (C=O) groups is 1. The van der Waals surface area contributed by atoms with Crippen LogP contribution in [0.2, 0.25) is 10.0 Å². The lowest BCUT2D eigenvalue weighted by Crippen LogP contribution is -2.35. The molecule has 1 fully saturated rings. The molecule has 154 valence electrons. The normalized spacial score (nSPS) is 15.2. The highest BCUT2D eigenvalue weighted by Crippen LogP contribution is 2.31. The van der Waals surface area contributed by atoms with E-state index < -0.39 is 0 Å². The Balaban J connectivity index is 1.26. The number of oxazole rings is 1. The molecular weight excluding hydrogens is 423 g/mol. The molecule has 1 aliphatic heterocycles. The monoisotopic (exact) mass is 442 g/mol. The lowest BCUT2D eigenvalue weighted by Gasteiger charge is -2.30. The SMILES string of the molecule is N#Cc1ccc(NC(=O)CCN2CCC(c3nc4cc(Cl)ccc4o3)CC2)cc1Cl. The second-order valence-corrected chi connectivity index (χ2v) is 8.23. The van der Waals surface area contributed by atoms with Crippen molar-refractivity contribution in [3.05, 3.63) is 57.9 Å². The fourth-order valence-electron chi connectivity index (χ4n) is 3.66.